The summed E-state index contributed by atoms with van der Waals surface area (Å²) < 4.78 is 0. The van der Waals surface area contributed by atoms with Crippen molar-refractivity contribution >= 4 is 16.6 Å². The zero-order chi connectivity index (χ0) is 9.54. The van der Waals surface area contributed by atoms with Crippen LogP contribution in [0.4, 0.5) is 5.69 Å². The van der Waals surface area contributed by atoms with Crippen LogP contribution in [0.15, 0.2) is 23.3 Å². The van der Waals surface area contributed by atoms with Crippen molar-refractivity contribution in [3.8, 4) is 0 Å². The summed E-state index contributed by atoms with van der Waals surface area (Å²) in [6, 6.07) is 1.91. The van der Waals surface area contributed by atoms with Crippen LogP contribution in [0.25, 0.3) is 10.9 Å². The smallest absolute Gasteiger partial charge is 0.274 e. The Balaban J connectivity index is 2.50. The fourth-order valence-corrected chi connectivity index (χ4v) is 1.94. The fourth-order valence-electron chi connectivity index (χ4n) is 1.94. The number of nitrogens with one attached hydrogen (secondary N) is 2. The maximum atomic E-state index is 11.4. The van der Waals surface area contributed by atoms with Gasteiger partial charge in [0.2, 0.25) is 0 Å². The van der Waals surface area contributed by atoms with Crippen LogP contribution in [0.2, 0.25) is 0 Å². The van der Waals surface area contributed by atoms with Gasteiger partial charge in [-0.05, 0) is 18.1 Å². The molecule has 4 heteroatoms. The number of pyridine rings is 2. The molecule has 2 aromatic rings. The van der Waals surface area contributed by atoms with Crippen LogP contribution in [0.1, 0.15) is 5.56 Å². The molecule has 14 heavy (non-hydrogen) atoms. The largest absolute Gasteiger partial charge is 0.383 e. The topological polar surface area (TPSA) is 57.8 Å². The number of aromatic amines is 1. The minimum atomic E-state index is -0.114. The number of anilines is 1. The summed E-state index contributed by atoms with van der Waals surface area (Å²) in [5.41, 5.74) is 2.69. The average molecular weight is 187 g/mol. The van der Waals surface area contributed by atoms with Crippen LogP contribution >= 0.6 is 0 Å². The van der Waals surface area contributed by atoms with Gasteiger partial charge in [0.25, 0.3) is 5.56 Å². The van der Waals surface area contributed by atoms with E-state index in [1.165, 1.54) is 5.56 Å². The molecule has 0 amide bonds. The van der Waals surface area contributed by atoms with Gasteiger partial charge < -0.3 is 10.3 Å². The van der Waals surface area contributed by atoms with Gasteiger partial charge in [-0.25, -0.2) is 4.98 Å². The van der Waals surface area contributed by atoms with Gasteiger partial charge in [0, 0.05) is 18.1 Å². The zero-order valence-corrected chi connectivity index (χ0v) is 7.50. The van der Waals surface area contributed by atoms with E-state index in [1.54, 1.807) is 12.4 Å². The van der Waals surface area contributed by atoms with Crippen molar-refractivity contribution in [2.45, 2.75) is 6.42 Å². The van der Waals surface area contributed by atoms with E-state index in [9.17, 15) is 4.79 Å². The molecule has 0 atom stereocenters. The number of nitrogens with zero attached hydrogens (tertiary/aromatic N) is 1. The summed E-state index contributed by atoms with van der Waals surface area (Å²) in [4.78, 5) is 18.2. The molecular weight excluding hydrogens is 178 g/mol. The van der Waals surface area contributed by atoms with Gasteiger partial charge in [-0.15, -0.1) is 0 Å². The molecule has 0 aromatic carbocycles. The molecule has 0 radical (unpaired) electrons. The lowest BCUT2D eigenvalue weighted by molar-refractivity contribution is 1.11. The second kappa shape index (κ2) is 2.57. The normalized spacial score (nSPS) is 14.0. The highest BCUT2D eigenvalue weighted by atomic mass is 16.1. The Hall–Kier alpha value is -1.84. The first-order valence-corrected chi connectivity index (χ1v) is 4.59. The highest BCUT2D eigenvalue weighted by molar-refractivity contribution is 5.86. The second-order valence-electron chi connectivity index (χ2n) is 3.40. The van der Waals surface area contributed by atoms with Crippen molar-refractivity contribution in [1.29, 1.82) is 0 Å². The van der Waals surface area contributed by atoms with Gasteiger partial charge >= 0.3 is 0 Å². The van der Waals surface area contributed by atoms with Crippen LogP contribution in [0, 0.1) is 0 Å². The first-order chi connectivity index (χ1) is 6.86. The molecule has 0 fully saturated rings. The third-order valence-corrected chi connectivity index (χ3v) is 2.60. The lowest BCUT2D eigenvalue weighted by atomic mass is 10.1. The predicted molar refractivity (Wildman–Crippen MR) is 54.6 cm³/mol. The van der Waals surface area contributed by atoms with Crippen molar-refractivity contribution in [3.05, 3.63) is 34.4 Å². The molecule has 1 aliphatic rings. The molecule has 0 aliphatic carbocycles. The molecule has 4 nitrogen and oxygen atoms in total. The minimum absolute atomic E-state index is 0.114. The number of rotatable bonds is 0. The molecule has 0 saturated carbocycles. The Morgan fingerprint density at radius 2 is 2.36 bits per heavy atom. The molecule has 2 aromatic heterocycles. The quantitative estimate of drug-likeness (QED) is 0.644. The minimum Gasteiger partial charge on any atom is -0.383 e. The van der Waals surface area contributed by atoms with Crippen molar-refractivity contribution < 1.29 is 0 Å². The molecule has 3 heterocycles. The Labute approximate surface area is 80.0 Å². The maximum Gasteiger partial charge on any atom is 0.274 e. The van der Waals surface area contributed by atoms with Crippen molar-refractivity contribution in [1.82, 2.24) is 9.97 Å². The number of aromatic nitrogens is 2. The Morgan fingerprint density at radius 3 is 3.29 bits per heavy atom. The average Bonchev–Trinajstić information content (AvgIpc) is 2.66. The SMILES string of the molecule is O=c1[nH]ccc2c3c(cnc12)NCC3. The Bertz CT molecular complexity index is 559. The standard InChI is InChI=1S/C10H9N3O/c14-10-9-7(2-4-12-10)6-1-3-11-8(6)5-13-9/h2,4-5,11H,1,3H2,(H,12,14). The maximum absolute atomic E-state index is 11.4. The van der Waals surface area contributed by atoms with Crippen molar-refractivity contribution in [2.24, 2.45) is 0 Å². The molecular formula is C10H9N3O. The van der Waals surface area contributed by atoms with Gasteiger partial charge in [-0.1, -0.05) is 0 Å². The van der Waals surface area contributed by atoms with Crippen LogP contribution in [-0.4, -0.2) is 16.5 Å². The van der Waals surface area contributed by atoms with E-state index in [4.69, 9.17) is 0 Å². The molecule has 2 N–H and O–H groups in total. The van der Waals surface area contributed by atoms with Gasteiger partial charge in [-0.2, -0.15) is 0 Å². The van der Waals surface area contributed by atoms with E-state index in [0.29, 0.717) is 5.52 Å². The van der Waals surface area contributed by atoms with Crippen LogP contribution < -0.4 is 10.9 Å². The number of fused-ring (bicyclic) bond motifs is 3. The third kappa shape index (κ3) is 0.878. The van der Waals surface area contributed by atoms with Gasteiger partial charge in [0.15, 0.2) is 0 Å². The summed E-state index contributed by atoms with van der Waals surface area (Å²) in [6.07, 6.45) is 4.38. The fraction of sp³-hybridized carbons (Fsp3) is 0.200. The molecule has 3 rings (SSSR count). The number of H-pyrrole nitrogens is 1. The van der Waals surface area contributed by atoms with Crippen molar-refractivity contribution in [3.63, 3.8) is 0 Å². The van der Waals surface area contributed by atoms with E-state index in [1.807, 2.05) is 6.07 Å². The number of hydrogen-bond donors (Lipinski definition) is 2. The second-order valence-corrected chi connectivity index (χ2v) is 3.40. The van der Waals surface area contributed by atoms with Crippen LogP contribution in [-0.2, 0) is 6.42 Å². The predicted octanol–water partition coefficient (Wildman–Crippen LogP) is 0.891. The third-order valence-electron chi connectivity index (χ3n) is 2.60. The summed E-state index contributed by atoms with van der Waals surface area (Å²) in [6.45, 7) is 0.933. The number of hydrogen-bond acceptors (Lipinski definition) is 3. The molecule has 70 valence electrons. The van der Waals surface area contributed by atoms with E-state index < -0.39 is 0 Å². The van der Waals surface area contributed by atoms with E-state index in [2.05, 4.69) is 15.3 Å². The van der Waals surface area contributed by atoms with Gasteiger partial charge in [0.05, 0.1) is 11.9 Å². The highest BCUT2D eigenvalue weighted by Crippen LogP contribution is 2.26. The van der Waals surface area contributed by atoms with E-state index in [0.717, 1.165) is 24.0 Å². The monoisotopic (exact) mass is 187 g/mol. The molecule has 0 spiro atoms. The zero-order valence-electron chi connectivity index (χ0n) is 7.50. The van der Waals surface area contributed by atoms with E-state index in [-0.39, 0.29) is 5.56 Å². The molecule has 0 unspecified atom stereocenters. The molecule has 0 saturated heterocycles. The highest BCUT2D eigenvalue weighted by Gasteiger charge is 2.14. The summed E-state index contributed by atoms with van der Waals surface area (Å²) in [7, 11) is 0. The molecule has 0 bridgehead atoms. The molecule has 1 aliphatic heterocycles. The summed E-state index contributed by atoms with van der Waals surface area (Å²) in [5, 5.41) is 4.21. The summed E-state index contributed by atoms with van der Waals surface area (Å²) >= 11 is 0. The lowest BCUT2D eigenvalue weighted by Gasteiger charge is -2.02. The lowest BCUT2D eigenvalue weighted by Crippen LogP contribution is -2.07. The van der Waals surface area contributed by atoms with Gasteiger partial charge in [0.1, 0.15) is 5.52 Å². The van der Waals surface area contributed by atoms with Crippen molar-refractivity contribution in [2.75, 3.05) is 11.9 Å². The summed E-state index contributed by atoms with van der Waals surface area (Å²) in [5.74, 6) is 0. The van der Waals surface area contributed by atoms with Crippen LogP contribution in [0.3, 0.4) is 0 Å². The first kappa shape index (κ1) is 7.55. The van der Waals surface area contributed by atoms with Gasteiger partial charge in [-0.3, -0.25) is 4.79 Å². The first-order valence-electron chi connectivity index (χ1n) is 4.59. The van der Waals surface area contributed by atoms with Crippen LogP contribution in [0.5, 0.6) is 0 Å². The Kier molecular flexibility index (Phi) is 1.39. The Morgan fingerprint density at radius 1 is 1.43 bits per heavy atom. The van der Waals surface area contributed by atoms with E-state index >= 15 is 0 Å².